The molecule has 4 saturated carbocycles. The van der Waals surface area contributed by atoms with Gasteiger partial charge in [-0.25, -0.2) is 0 Å². The van der Waals surface area contributed by atoms with Crippen LogP contribution in [-0.2, 0) is 38.1 Å². The number of carbonyl (C=O) groups excluding carboxylic acids is 3. The van der Waals surface area contributed by atoms with Crippen molar-refractivity contribution in [3.63, 3.8) is 0 Å². The fourth-order valence-corrected chi connectivity index (χ4v) is 13.6. The van der Waals surface area contributed by atoms with E-state index in [2.05, 4.69) is 40.7 Å². The van der Waals surface area contributed by atoms with Crippen LogP contribution in [0.3, 0.4) is 0 Å². The fourth-order valence-electron chi connectivity index (χ4n) is 13.6. The number of rotatable bonds is 8. The molecule has 1 heterocycles. The second kappa shape index (κ2) is 14.6. The minimum absolute atomic E-state index is 0.157. The van der Waals surface area contributed by atoms with Gasteiger partial charge in [0.15, 0.2) is 6.29 Å². The Hall–Kier alpha value is -2.13. The van der Waals surface area contributed by atoms with E-state index in [9.17, 15) is 39.9 Å². The molecule has 5 fully saturated rings. The summed E-state index contributed by atoms with van der Waals surface area (Å²) in [7, 11) is 0. The van der Waals surface area contributed by atoms with E-state index in [1.54, 1.807) is 0 Å². The zero-order valence-electron chi connectivity index (χ0n) is 34.3. The van der Waals surface area contributed by atoms with E-state index in [1.807, 2.05) is 13.8 Å². The van der Waals surface area contributed by atoms with Crippen LogP contribution in [0.5, 0.6) is 0 Å². The molecule has 0 bridgehead atoms. The molecular weight excluding hydrogens is 712 g/mol. The SMILES string of the molecule is CC(=O)OCC1OC(OC2C(OC(C)=O)CC3(C)C4=CCC5(C)C6C(O)CC(C(C)C)C6(COC(C)=O)CCC5(C)C4C(O)CC3C2(C)C)C(O)C(O)C1O. The van der Waals surface area contributed by atoms with Gasteiger partial charge in [0.1, 0.15) is 43.2 Å². The van der Waals surface area contributed by atoms with Crippen LogP contribution in [0.4, 0.5) is 0 Å². The molecule has 17 unspecified atom stereocenters. The van der Waals surface area contributed by atoms with Gasteiger partial charge in [-0.3, -0.25) is 14.4 Å². The van der Waals surface area contributed by atoms with Crippen molar-refractivity contribution in [1.82, 2.24) is 0 Å². The van der Waals surface area contributed by atoms with Crippen molar-refractivity contribution < 1.29 is 63.6 Å². The van der Waals surface area contributed by atoms with Crippen molar-refractivity contribution in [2.24, 2.45) is 56.7 Å². The standard InChI is InChI=1S/C42H66O13/c1-20(2)25-15-27(47)35-41(10)12-11-24-31(40(41,9)13-14-42(25,35)19-52-22(4)44)26(46)16-30-38(6,7)36(28(53-23(5)45)17-39(24,30)8)55-37-34(50)33(49)32(48)29(54-37)18-51-21(3)43/h11,20,25-37,46-50H,12-19H2,1-10H3. The molecule has 0 aromatic rings. The lowest BCUT2D eigenvalue weighted by Crippen LogP contribution is -2.69. The molecule has 6 aliphatic rings. The molecule has 1 aliphatic heterocycles. The van der Waals surface area contributed by atoms with E-state index < -0.39 is 94.1 Å². The van der Waals surface area contributed by atoms with Crippen molar-refractivity contribution in [3.8, 4) is 0 Å². The summed E-state index contributed by atoms with van der Waals surface area (Å²) in [5.74, 6) is -1.59. The molecule has 13 nitrogen and oxygen atoms in total. The summed E-state index contributed by atoms with van der Waals surface area (Å²) >= 11 is 0. The number of aliphatic hydroxyl groups excluding tert-OH is 5. The lowest BCUT2D eigenvalue weighted by atomic mass is 9.35. The molecule has 0 amide bonds. The lowest BCUT2D eigenvalue weighted by Gasteiger charge is -2.70. The summed E-state index contributed by atoms with van der Waals surface area (Å²) in [6.45, 7) is 19.0. The molecule has 55 heavy (non-hydrogen) atoms. The van der Waals surface area contributed by atoms with E-state index in [1.165, 1.54) is 20.8 Å². The van der Waals surface area contributed by atoms with Gasteiger partial charge in [0.05, 0.1) is 18.8 Å². The average Bonchev–Trinajstić information content (AvgIpc) is 3.39. The molecule has 0 aromatic heterocycles. The minimum Gasteiger partial charge on any atom is -0.465 e. The van der Waals surface area contributed by atoms with Crippen molar-refractivity contribution >= 4 is 17.9 Å². The van der Waals surface area contributed by atoms with Crippen LogP contribution in [0.1, 0.15) is 108 Å². The van der Waals surface area contributed by atoms with Gasteiger partial charge < -0.3 is 49.2 Å². The number of hydrogen-bond acceptors (Lipinski definition) is 13. The molecule has 0 radical (unpaired) electrons. The number of ether oxygens (including phenoxy) is 5. The predicted octanol–water partition coefficient (Wildman–Crippen LogP) is 3.45. The molecular formula is C42H66O13. The molecule has 5 N–H and O–H groups in total. The topological polar surface area (TPSA) is 199 Å². The molecule has 0 aromatic carbocycles. The first-order valence-corrected chi connectivity index (χ1v) is 20.3. The second-order valence-corrected chi connectivity index (χ2v) is 19.6. The van der Waals surface area contributed by atoms with Crippen molar-refractivity contribution in [1.29, 1.82) is 0 Å². The number of allylic oxidation sites excluding steroid dienone is 1. The van der Waals surface area contributed by atoms with Crippen molar-refractivity contribution in [2.75, 3.05) is 13.2 Å². The van der Waals surface area contributed by atoms with Gasteiger partial charge >= 0.3 is 17.9 Å². The van der Waals surface area contributed by atoms with Crippen LogP contribution in [0.15, 0.2) is 11.6 Å². The Morgan fingerprint density at radius 1 is 0.836 bits per heavy atom. The summed E-state index contributed by atoms with van der Waals surface area (Å²) in [6, 6.07) is 0. The first-order valence-electron chi connectivity index (χ1n) is 20.3. The molecule has 312 valence electrons. The van der Waals surface area contributed by atoms with E-state index in [-0.39, 0.29) is 48.8 Å². The molecule has 0 spiro atoms. The highest BCUT2D eigenvalue weighted by atomic mass is 16.7. The molecule has 17 atom stereocenters. The lowest BCUT2D eigenvalue weighted by molar-refractivity contribution is -0.337. The Balaban J connectivity index is 1.37. The first-order chi connectivity index (χ1) is 25.5. The number of hydrogen-bond donors (Lipinski definition) is 5. The fraction of sp³-hybridized carbons (Fsp3) is 0.881. The summed E-state index contributed by atoms with van der Waals surface area (Å²) in [4.78, 5) is 36.5. The van der Waals surface area contributed by atoms with Crippen LogP contribution in [-0.4, -0.2) is 112 Å². The maximum absolute atomic E-state index is 12.7. The maximum atomic E-state index is 12.7. The van der Waals surface area contributed by atoms with Gasteiger partial charge in [-0.05, 0) is 77.9 Å². The number of esters is 3. The highest BCUT2D eigenvalue weighted by molar-refractivity contribution is 5.66. The van der Waals surface area contributed by atoms with E-state index >= 15 is 0 Å². The highest BCUT2D eigenvalue weighted by Gasteiger charge is 2.73. The Morgan fingerprint density at radius 3 is 2.09 bits per heavy atom. The Bertz CT molecular complexity index is 1530. The normalized spacial score (nSPS) is 48.7. The molecule has 1 saturated heterocycles. The Kier molecular flexibility index (Phi) is 11.3. The molecule has 5 aliphatic carbocycles. The van der Waals surface area contributed by atoms with Crippen LogP contribution in [0, 0.1) is 56.7 Å². The zero-order valence-corrected chi connectivity index (χ0v) is 34.3. The molecule has 6 rings (SSSR count). The van der Waals surface area contributed by atoms with Crippen LogP contribution < -0.4 is 0 Å². The van der Waals surface area contributed by atoms with E-state index in [0.29, 0.717) is 25.7 Å². The first kappa shape index (κ1) is 42.5. The molecule has 13 heteroatoms. The van der Waals surface area contributed by atoms with Gasteiger partial charge in [0.2, 0.25) is 0 Å². The highest BCUT2D eigenvalue weighted by Crippen LogP contribution is 2.76. The number of carbonyl (C=O) groups is 3. The third kappa shape index (κ3) is 6.59. The summed E-state index contributed by atoms with van der Waals surface area (Å²) in [5, 5.41) is 56.9. The summed E-state index contributed by atoms with van der Waals surface area (Å²) < 4.78 is 29.4. The third-order valence-corrected chi connectivity index (χ3v) is 16.1. The van der Waals surface area contributed by atoms with Crippen LogP contribution in [0.25, 0.3) is 0 Å². The van der Waals surface area contributed by atoms with Crippen molar-refractivity contribution in [3.05, 3.63) is 11.6 Å². The summed E-state index contributed by atoms with van der Waals surface area (Å²) in [6.07, 6.45) is -4.65. The van der Waals surface area contributed by atoms with Gasteiger partial charge in [-0.1, -0.05) is 60.1 Å². The number of fused-ring (bicyclic) bond motifs is 7. The minimum atomic E-state index is -1.67. The third-order valence-electron chi connectivity index (χ3n) is 16.1. The Morgan fingerprint density at radius 2 is 1.49 bits per heavy atom. The largest absolute Gasteiger partial charge is 0.465 e. The average molecular weight is 779 g/mol. The zero-order chi connectivity index (χ0) is 40.8. The van der Waals surface area contributed by atoms with Crippen LogP contribution in [0.2, 0.25) is 0 Å². The second-order valence-electron chi connectivity index (χ2n) is 19.6. The van der Waals surface area contributed by atoms with E-state index in [4.69, 9.17) is 23.7 Å². The van der Waals surface area contributed by atoms with Gasteiger partial charge in [0.25, 0.3) is 0 Å². The Labute approximate surface area is 325 Å². The maximum Gasteiger partial charge on any atom is 0.302 e. The predicted molar refractivity (Wildman–Crippen MR) is 198 cm³/mol. The smallest absolute Gasteiger partial charge is 0.302 e. The van der Waals surface area contributed by atoms with Gasteiger partial charge in [-0.2, -0.15) is 0 Å². The van der Waals surface area contributed by atoms with Crippen LogP contribution >= 0.6 is 0 Å². The monoisotopic (exact) mass is 778 g/mol. The quantitative estimate of drug-likeness (QED) is 0.104. The van der Waals surface area contributed by atoms with Gasteiger partial charge in [-0.15, -0.1) is 0 Å². The number of aliphatic hydroxyl groups is 5. The van der Waals surface area contributed by atoms with Gasteiger partial charge in [0, 0.05) is 38.0 Å². The summed E-state index contributed by atoms with van der Waals surface area (Å²) in [5.41, 5.74) is -1.48. The van der Waals surface area contributed by atoms with Crippen molar-refractivity contribution in [2.45, 2.75) is 163 Å². The van der Waals surface area contributed by atoms with E-state index in [0.717, 1.165) is 18.4 Å².